The number of carbonyl (C=O) groups excluding carboxylic acids is 2. The molecule has 1 fully saturated rings. The highest BCUT2D eigenvalue weighted by molar-refractivity contribution is 7.17. The number of ether oxygens (including phenoxy) is 1. The summed E-state index contributed by atoms with van der Waals surface area (Å²) in [5, 5.41) is 14.3. The van der Waals surface area contributed by atoms with Gasteiger partial charge in [0.15, 0.2) is 5.13 Å². The van der Waals surface area contributed by atoms with Crippen LogP contribution in [0.5, 0.6) is 0 Å². The second-order valence-electron chi connectivity index (χ2n) is 10.1. The van der Waals surface area contributed by atoms with E-state index in [4.69, 9.17) is 4.74 Å². The Bertz CT molecular complexity index is 1260. The number of amides is 2. The van der Waals surface area contributed by atoms with Crippen molar-refractivity contribution in [2.75, 3.05) is 55.3 Å². The Hall–Kier alpha value is -3.28. The second kappa shape index (κ2) is 11.4. The first-order valence-electron chi connectivity index (χ1n) is 12.4. The first-order chi connectivity index (χ1) is 17.6. The van der Waals surface area contributed by atoms with Gasteiger partial charge in [-0.15, -0.1) is 0 Å². The fourth-order valence-corrected chi connectivity index (χ4v) is 4.60. The lowest BCUT2D eigenvalue weighted by molar-refractivity contribution is 0.0398. The van der Waals surface area contributed by atoms with E-state index in [0.717, 1.165) is 50.7 Å². The summed E-state index contributed by atoms with van der Waals surface area (Å²) >= 11 is 1.31. The fraction of sp³-hybridized carbons (Fsp3) is 0.462. The summed E-state index contributed by atoms with van der Waals surface area (Å²) in [5.41, 5.74) is 3.24. The number of thiazole rings is 1. The van der Waals surface area contributed by atoms with Gasteiger partial charge in [-0.3, -0.25) is 19.2 Å². The number of rotatable bonds is 8. The molecule has 2 aromatic heterocycles. The van der Waals surface area contributed by atoms with Crippen LogP contribution < -0.4 is 16.0 Å². The van der Waals surface area contributed by atoms with Crippen molar-refractivity contribution in [3.05, 3.63) is 52.3 Å². The highest BCUT2D eigenvalue weighted by Gasteiger charge is 2.22. The summed E-state index contributed by atoms with van der Waals surface area (Å²) in [7, 11) is 1.76. The van der Waals surface area contributed by atoms with E-state index in [1.54, 1.807) is 24.0 Å². The Labute approximate surface area is 221 Å². The second-order valence-corrected chi connectivity index (χ2v) is 11.2. The molecule has 1 aliphatic heterocycles. The van der Waals surface area contributed by atoms with Crippen LogP contribution in [0.1, 0.15) is 52.2 Å². The Morgan fingerprint density at radius 3 is 2.57 bits per heavy atom. The van der Waals surface area contributed by atoms with E-state index >= 15 is 0 Å². The quantitative estimate of drug-likeness (QED) is 0.411. The lowest BCUT2D eigenvalue weighted by atomic mass is 9.92. The third kappa shape index (κ3) is 6.94. The SMILES string of the molecule is Cc1ccc(NC(=O)c2cc(C(C)(C)C)nn2C)cc1NC(=O)c1cnc(NCCN2CCOCC2)s1. The van der Waals surface area contributed by atoms with Gasteiger partial charge in [-0.2, -0.15) is 5.10 Å². The number of hydrogen-bond donors (Lipinski definition) is 3. The molecule has 198 valence electrons. The molecular formula is C26H35N7O3S. The van der Waals surface area contributed by atoms with Gasteiger partial charge >= 0.3 is 0 Å². The number of hydrogen-bond acceptors (Lipinski definition) is 8. The average Bonchev–Trinajstić information content (AvgIpc) is 3.49. The highest BCUT2D eigenvalue weighted by Crippen LogP contribution is 2.25. The zero-order chi connectivity index (χ0) is 26.6. The molecule has 0 spiro atoms. The van der Waals surface area contributed by atoms with Crippen molar-refractivity contribution in [1.29, 1.82) is 0 Å². The molecule has 0 bridgehead atoms. The number of nitrogens with zero attached hydrogens (tertiary/aromatic N) is 4. The molecule has 3 N–H and O–H groups in total. The van der Waals surface area contributed by atoms with Gasteiger partial charge < -0.3 is 20.7 Å². The van der Waals surface area contributed by atoms with E-state index < -0.39 is 0 Å². The largest absolute Gasteiger partial charge is 0.379 e. The maximum Gasteiger partial charge on any atom is 0.273 e. The van der Waals surface area contributed by atoms with Crippen LogP contribution in [0.2, 0.25) is 0 Å². The molecule has 0 aliphatic carbocycles. The minimum atomic E-state index is -0.262. The molecule has 10 nitrogen and oxygen atoms in total. The van der Waals surface area contributed by atoms with Crippen LogP contribution in [0.15, 0.2) is 30.5 Å². The van der Waals surface area contributed by atoms with Gasteiger partial charge in [0.1, 0.15) is 10.6 Å². The summed E-state index contributed by atoms with van der Waals surface area (Å²) in [5.74, 6) is -0.506. The highest BCUT2D eigenvalue weighted by atomic mass is 32.1. The first-order valence-corrected chi connectivity index (χ1v) is 13.2. The van der Waals surface area contributed by atoms with Crippen LogP contribution in [0.25, 0.3) is 0 Å². The van der Waals surface area contributed by atoms with Crippen molar-refractivity contribution in [2.45, 2.75) is 33.1 Å². The average molecular weight is 526 g/mol. The third-order valence-electron chi connectivity index (χ3n) is 6.16. The van der Waals surface area contributed by atoms with E-state index in [0.29, 0.717) is 27.1 Å². The van der Waals surface area contributed by atoms with Gasteiger partial charge in [0, 0.05) is 50.0 Å². The van der Waals surface area contributed by atoms with Crippen molar-refractivity contribution in [3.63, 3.8) is 0 Å². The molecule has 1 aliphatic rings. The Balaban J connectivity index is 1.36. The minimum Gasteiger partial charge on any atom is -0.379 e. The van der Waals surface area contributed by atoms with Gasteiger partial charge in [-0.1, -0.05) is 38.2 Å². The van der Waals surface area contributed by atoms with Crippen molar-refractivity contribution >= 4 is 39.7 Å². The van der Waals surface area contributed by atoms with Gasteiger partial charge in [0.25, 0.3) is 11.8 Å². The summed E-state index contributed by atoms with van der Waals surface area (Å²) in [6.07, 6.45) is 1.58. The lowest BCUT2D eigenvalue weighted by Gasteiger charge is -2.26. The smallest absolute Gasteiger partial charge is 0.273 e. The predicted molar refractivity (Wildman–Crippen MR) is 147 cm³/mol. The van der Waals surface area contributed by atoms with Gasteiger partial charge in [-0.25, -0.2) is 4.98 Å². The molecule has 0 saturated carbocycles. The minimum absolute atomic E-state index is 0.160. The topological polar surface area (TPSA) is 113 Å². The summed E-state index contributed by atoms with van der Waals surface area (Å²) in [6.45, 7) is 13.1. The van der Waals surface area contributed by atoms with Gasteiger partial charge in [-0.05, 0) is 30.7 Å². The first kappa shape index (κ1) is 26.8. The number of carbonyl (C=O) groups is 2. The van der Waals surface area contributed by atoms with Crippen LogP contribution >= 0.6 is 11.3 Å². The zero-order valence-electron chi connectivity index (χ0n) is 22.1. The van der Waals surface area contributed by atoms with Crippen molar-refractivity contribution in [2.24, 2.45) is 7.05 Å². The monoisotopic (exact) mass is 525 g/mol. The molecule has 0 atom stereocenters. The lowest BCUT2D eigenvalue weighted by Crippen LogP contribution is -2.38. The molecule has 0 radical (unpaired) electrons. The molecule has 0 unspecified atom stereocenters. The van der Waals surface area contributed by atoms with Crippen LogP contribution in [0.4, 0.5) is 16.5 Å². The third-order valence-corrected chi connectivity index (χ3v) is 7.12. The standard InChI is InChI=1S/C26H35N7O3S/c1-17-6-7-18(29-23(34)20-15-22(26(2,3)4)31-32(20)5)14-19(17)30-24(35)21-16-28-25(37-21)27-8-9-33-10-12-36-13-11-33/h6-7,14-16H,8-13H2,1-5H3,(H,27,28)(H,29,34)(H,30,35). The molecular weight excluding hydrogens is 490 g/mol. The zero-order valence-corrected chi connectivity index (χ0v) is 22.9. The van der Waals surface area contributed by atoms with Crippen molar-refractivity contribution in [1.82, 2.24) is 19.7 Å². The molecule has 1 saturated heterocycles. The van der Waals surface area contributed by atoms with Crippen molar-refractivity contribution < 1.29 is 14.3 Å². The van der Waals surface area contributed by atoms with Crippen LogP contribution in [-0.4, -0.2) is 70.9 Å². The number of aryl methyl sites for hydroxylation is 2. The van der Waals surface area contributed by atoms with E-state index in [-0.39, 0.29) is 17.2 Å². The number of anilines is 3. The normalized spacial score (nSPS) is 14.4. The molecule has 37 heavy (non-hydrogen) atoms. The molecule has 3 heterocycles. The van der Waals surface area contributed by atoms with E-state index in [1.807, 2.05) is 25.1 Å². The molecule has 1 aromatic carbocycles. The summed E-state index contributed by atoms with van der Waals surface area (Å²) in [4.78, 5) is 33.0. The van der Waals surface area contributed by atoms with E-state index in [1.165, 1.54) is 11.3 Å². The van der Waals surface area contributed by atoms with Crippen molar-refractivity contribution in [3.8, 4) is 0 Å². The maximum atomic E-state index is 12.9. The summed E-state index contributed by atoms with van der Waals surface area (Å²) < 4.78 is 6.96. The number of aromatic nitrogens is 3. The summed E-state index contributed by atoms with van der Waals surface area (Å²) in [6, 6.07) is 7.24. The molecule has 2 amide bonds. The predicted octanol–water partition coefficient (Wildman–Crippen LogP) is 3.73. The fourth-order valence-electron chi connectivity index (χ4n) is 3.87. The molecule has 11 heteroatoms. The van der Waals surface area contributed by atoms with E-state index in [9.17, 15) is 9.59 Å². The number of morpholine rings is 1. The van der Waals surface area contributed by atoms with Crippen LogP contribution in [0.3, 0.4) is 0 Å². The molecule has 4 rings (SSSR count). The number of nitrogens with one attached hydrogen (secondary N) is 3. The van der Waals surface area contributed by atoms with Crippen LogP contribution in [-0.2, 0) is 17.2 Å². The number of benzene rings is 1. The maximum absolute atomic E-state index is 12.9. The Morgan fingerprint density at radius 1 is 1.11 bits per heavy atom. The Kier molecular flexibility index (Phi) is 8.25. The van der Waals surface area contributed by atoms with E-state index in [2.05, 4.69) is 51.7 Å². The van der Waals surface area contributed by atoms with Gasteiger partial charge in [0.2, 0.25) is 0 Å². The Morgan fingerprint density at radius 2 is 1.86 bits per heavy atom. The van der Waals surface area contributed by atoms with Crippen LogP contribution in [0, 0.1) is 6.92 Å². The van der Waals surface area contributed by atoms with Gasteiger partial charge in [0.05, 0.1) is 25.1 Å². The molecule has 3 aromatic rings.